The van der Waals surface area contributed by atoms with Crippen molar-refractivity contribution in [2.75, 3.05) is 0 Å². The van der Waals surface area contributed by atoms with Gasteiger partial charge in [-0.05, 0) is 29.8 Å². The molecule has 0 spiro atoms. The Bertz CT molecular complexity index is 751. The molecule has 0 aliphatic heterocycles. The summed E-state index contributed by atoms with van der Waals surface area (Å²) < 4.78 is 1.63. The van der Waals surface area contributed by atoms with Crippen LogP contribution in [0.15, 0.2) is 54.9 Å². The number of aromatic nitrogens is 4. The minimum Gasteiger partial charge on any atom is -0.481 e. The smallest absolute Gasteiger partial charge is 0.307 e. The van der Waals surface area contributed by atoms with E-state index in [2.05, 4.69) is 15.3 Å². The van der Waals surface area contributed by atoms with Gasteiger partial charge in [0.05, 0.1) is 24.0 Å². The minimum absolute atomic E-state index is 0.0107. The lowest BCUT2D eigenvalue weighted by Gasteiger charge is -2.01. The van der Waals surface area contributed by atoms with Gasteiger partial charge in [0, 0.05) is 6.20 Å². The Kier molecular flexibility index (Phi) is 3.42. The molecule has 104 valence electrons. The third kappa shape index (κ3) is 2.94. The number of hydrogen-bond acceptors (Lipinski definition) is 4. The molecule has 6 nitrogen and oxygen atoms in total. The van der Waals surface area contributed by atoms with Gasteiger partial charge < -0.3 is 5.11 Å². The predicted octanol–water partition coefficient (Wildman–Crippen LogP) is 1.96. The van der Waals surface area contributed by atoms with Crippen molar-refractivity contribution in [2.24, 2.45) is 0 Å². The summed E-state index contributed by atoms with van der Waals surface area (Å²) in [7, 11) is 0. The molecule has 2 heterocycles. The second-order valence-electron chi connectivity index (χ2n) is 4.50. The zero-order valence-corrected chi connectivity index (χ0v) is 11.0. The molecular weight excluding hydrogens is 268 g/mol. The molecule has 0 bridgehead atoms. The van der Waals surface area contributed by atoms with Crippen molar-refractivity contribution in [3.63, 3.8) is 0 Å². The van der Waals surface area contributed by atoms with Crippen LogP contribution in [0.25, 0.3) is 17.1 Å². The number of carbonyl (C=O) groups is 1. The summed E-state index contributed by atoms with van der Waals surface area (Å²) in [5.41, 5.74) is 3.01. The third-order valence-corrected chi connectivity index (χ3v) is 2.98. The first kappa shape index (κ1) is 13.0. The van der Waals surface area contributed by atoms with Crippen molar-refractivity contribution in [2.45, 2.75) is 6.42 Å². The van der Waals surface area contributed by atoms with E-state index in [9.17, 15) is 4.79 Å². The maximum atomic E-state index is 10.6. The van der Waals surface area contributed by atoms with E-state index in [1.807, 2.05) is 30.3 Å². The second-order valence-corrected chi connectivity index (χ2v) is 4.50. The summed E-state index contributed by atoms with van der Waals surface area (Å²) in [6.07, 6.45) is 3.50. The molecule has 0 aliphatic rings. The van der Waals surface area contributed by atoms with E-state index in [4.69, 9.17) is 5.11 Å². The standard InChI is InChI=1S/C15H12N4O2/c20-15(21)9-11-4-6-12(7-5-11)19-10-14(17-18-19)13-3-1-2-8-16-13/h1-8,10H,9H2,(H,20,21). The summed E-state index contributed by atoms with van der Waals surface area (Å²) in [6.45, 7) is 0. The van der Waals surface area contributed by atoms with Crippen molar-refractivity contribution in [3.05, 3.63) is 60.4 Å². The average Bonchev–Trinajstić information content (AvgIpc) is 2.98. The fourth-order valence-electron chi connectivity index (χ4n) is 1.96. The van der Waals surface area contributed by atoms with Gasteiger partial charge >= 0.3 is 5.97 Å². The molecular formula is C15H12N4O2. The van der Waals surface area contributed by atoms with Crippen LogP contribution in [0.4, 0.5) is 0 Å². The van der Waals surface area contributed by atoms with Crippen LogP contribution in [-0.2, 0) is 11.2 Å². The van der Waals surface area contributed by atoms with Crippen LogP contribution < -0.4 is 0 Å². The Morgan fingerprint density at radius 3 is 2.57 bits per heavy atom. The SMILES string of the molecule is O=C(O)Cc1ccc(-n2cc(-c3ccccn3)nn2)cc1. The van der Waals surface area contributed by atoms with Gasteiger partial charge in [-0.1, -0.05) is 23.4 Å². The van der Waals surface area contributed by atoms with Gasteiger partial charge in [0.15, 0.2) is 0 Å². The lowest BCUT2D eigenvalue weighted by molar-refractivity contribution is -0.136. The lowest BCUT2D eigenvalue weighted by Crippen LogP contribution is -2.00. The molecule has 1 aromatic carbocycles. The number of rotatable bonds is 4. The largest absolute Gasteiger partial charge is 0.481 e. The fourth-order valence-corrected chi connectivity index (χ4v) is 1.96. The van der Waals surface area contributed by atoms with Crippen LogP contribution in [-0.4, -0.2) is 31.1 Å². The average molecular weight is 280 g/mol. The molecule has 3 rings (SSSR count). The molecule has 0 amide bonds. The maximum absolute atomic E-state index is 10.6. The number of nitrogens with zero attached hydrogens (tertiary/aromatic N) is 4. The Balaban J connectivity index is 1.85. The second kappa shape index (κ2) is 5.54. The van der Waals surface area contributed by atoms with Gasteiger partial charge in [-0.25, -0.2) is 4.68 Å². The zero-order valence-electron chi connectivity index (χ0n) is 11.0. The van der Waals surface area contributed by atoms with E-state index < -0.39 is 5.97 Å². The van der Waals surface area contributed by atoms with Crippen LogP contribution in [0.5, 0.6) is 0 Å². The highest BCUT2D eigenvalue weighted by atomic mass is 16.4. The van der Waals surface area contributed by atoms with Crippen molar-refractivity contribution in [1.82, 2.24) is 20.0 Å². The highest BCUT2D eigenvalue weighted by Gasteiger charge is 2.06. The van der Waals surface area contributed by atoms with Gasteiger partial charge in [0.1, 0.15) is 5.69 Å². The van der Waals surface area contributed by atoms with Crippen LogP contribution in [0.1, 0.15) is 5.56 Å². The number of pyridine rings is 1. The molecule has 0 aliphatic carbocycles. The Hall–Kier alpha value is -3.02. The Labute approximate surface area is 120 Å². The molecule has 2 aromatic heterocycles. The summed E-state index contributed by atoms with van der Waals surface area (Å²) >= 11 is 0. The van der Waals surface area contributed by atoms with E-state index >= 15 is 0 Å². The lowest BCUT2D eigenvalue weighted by atomic mass is 10.1. The number of carboxylic acids is 1. The zero-order chi connectivity index (χ0) is 14.7. The summed E-state index contributed by atoms with van der Waals surface area (Å²) in [5, 5.41) is 16.9. The number of carboxylic acid groups (broad SMARTS) is 1. The molecule has 0 saturated carbocycles. The summed E-state index contributed by atoms with van der Waals surface area (Å²) in [4.78, 5) is 14.9. The first-order valence-electron chi connectivity index (χ1n) is 6.37. The van der Waals surface area contributed by atoms with Gasteiger partial charge in [-0.3, -0.25) is 9.78 Å². The van der Waals surface area contributed by atoms with E-state index in [1.165, 1.54) is 0 Å². The summed E-state index contributed by atoms with van der Waals surface area (Å²) in [6, 6.07) is 12.8. The third-order valence-electron chi connectivity index (χ3n) is 2.98. The highest BCUT2D eigenvalue weighted by Crippen LogP contribution is 2.15. The van der Waals surface area contributed by atoms with Crippen LogP contribution in [0.3, 0.4) is 0 Å². The van der Waals surface area contributed by atoms with Crippen molar-refractivity contribution in [3.8, 4) is 17.1 Å². The van der Waals surface area contributed by atoms with E-state index in [1.54, 1.807) is 29.2 Å². The van der Waals surface area contributed by atoms with Crippen molar-refractivity contribution < 1.29 is 9.90 Å². The van der Waals surface area contributed by atoms with Gasteiger partial charge in [0.2, 0.25) is 0 Å². The first-order valence-corrected chi connectivity index (χ1v) is 6.37. The van der Waals surface area contributed by atoms with Gasteiger partial charge in [0.25, 0.3) is 0 Å². The first-order chi connectivity index (χ1) is 10.2. The minimum atomic E-state index is -0.846. The number of benzene rings is 1. The van der Waals surface area contributed by atoms with Gasteiger partial charge in [-0.15, -0.1) is 5.10 Å². The van der Waals surface area contributed by atoms with Crippen LogP contribution in [0, 0.1) is 0 Å². The molecule has 0 fully saturated rings. The highest BCUT2D eigenvalue weighted by molar-refractivity contribution is 5.70. The van der Waals surface area contributed by atoms with Crippen molar-refractivity contribution in [1.29, 1.82) is 0 Å². The molecule has 0 unspecified atom stereocenters. The topological polar surface area (TPSA) is 80.9 Å². The monoisotopic (exact) mass is 280 g/mol. The van der Waals surface area contributed by atoms with Crippen molar-refractivity contribution >= 4 is 5.97 Å². The Morgan fingerprint density at radius 1 is 1.10 bits per heavy atom. The molecule has 6 heteroatoms. The molecule has 0 atom stereocenters. The summed E-state index contributed by atoms with van der Waals surface area (Å²) in [5.74, 6) is -0.846. The fraction of sp³-hybridized carbons (Fsp3) is 0.0667. The normalized spacial score (nSPS) is 10.5. The molecule has 21 heavy (non-hydrogen) atoms. The quantitative estimate of drug-likeness (QED) is 0.790. The maximum Gasteiger partial charge on any atom is 0.307 e. The molecule has 1 N–H and O–H groups in total. The predicted molar refractivity (Wildman–Crippen MR) is 75.9 cm³/mol. The molecule has 0 radical (unpaired) electrons. The van der Waals surface area contributed by atoms with Gasteiger partial charge in [-0.2, -0.15) is 0 Å². The van der Waals surface area contributed by atoms with Crippen LogP contribution in [0.2, 0.25) is 0 Å². The molecule has 0 saturated heterocycles. The van der Waals surface area contributed by atoms with E-state index in [0.717, 1.165) is 16.9 Å². The Morgan fingerprint density at radius 2 is 1.90 bits per heavy atom. The number of aliphatic carboxylic acids is 1. The van der Waals surface area contributed by atoms with E-state index in [-0.39, 0.29) is 6.42 Å². The van der Waals surface area contributed by atoms with E-state index in [0.29, 0.717) is 5.69 Å². The van der Waals surface area contributed by atoms with Crippen LogP contribution >= 0.6 is 0 Å². The molecule has 3 aromatic rings. The number of hydrogen-bond donors (Lipinski definition) is 1.